The highest BCUT2D eigenvalue weighted by atomic mass is 35.5. The van der Waals surface area contributed by atoms with E-state index >= 15 is 0 Å². The minimum atomic E-state index is -3.64. The molecule has 2 radical (unpaired) electrons. The van der Waals surface area contributed by atoms with E-state index in [0.717, 1.165) is 11.1 Å². The Hall–Kier alpha value is -3.82. The summed E-state index contributed by atoms with van der Waals surface area (Å²) >= 11 is 6.39. The Morgan fingerprint density at radius 1 is 0.943 bits per heavy atom. The smallest absolute Gasteiger partial charge is 0.261 e. The average Bonchev–Trinajstić information content (AvgIpc) is 3.25. The molecule has 172 valence electrons. The fourth-order valence-electron chi connectivity index (χ4n) is 3.61. The Morgan fingerprint density at radius 3 is 2.40 bits per heavy atom. The van der Waals surface area contributed by atoms with Crippen LogP contribution in [0.25, 0.3) is 16.9 Å². The molecule has 0 spiro atoms. The molecular weight excluding hydrogens is 481 g/mol. The van der Waals surface area contributed by atoms with Crippen molar-refractivity contribution in [3.8, 4) is 11.3 Å². The maximum atomic E-state index is 12.5. The second-order valence-electron chi connectivity index (χ2n) is 7.81. The molecule has 5 rings (SSSR count). The van der Waals surface area contributed by atoms with Gasteiger partial charge in [-0.15, -0.1) is 0 Å². The van der Waals surface area contributed by atoms with E-state index in [1.807, 2.05) is 42.5 Å². The number of hydrogen-bond acceptors (Lipinski definition) is 5. The molecule has 7 nitrogen and oxygen atoms in total. The van der Waals surface area contributed by atoms with Crippen LogP contribution in [0.5, 0.6) is 0 Å². The van der Waals surface area contributed by atoms with Crippen molar-refractivity contribution in [3.05, 3.63) is 102 Å². The number of nitrogens with one attached hydrogen (secondary N) is 2. The Bertz CT molecular complexity index is 1610. The molecule has 0 saturated carbocycles. The van der Waals surface area contributed by atoms with Gasteiger partial charge in [0.25, 0.3) is 10.0 Å². The predicted molar refractivity (Wildman–Crippen MR) is 140 cm³/mol. The molecule has 0 fully saturated rings. The molecule has 0 amide bonds. The lowest BCUT2D eigenvalue weighted by Crippen LogP contribution is -2.13. The summed E-state index contributed by atoms with van der Waals surface area (Å²) in [6, 6.07) is 24.7. The van der Waals surface area contributed by atoms with Crippen molar-refractivity contribution >= 4 is 52.1 Å². The third kappa shape index (κ3) is 4.87. The molecule has 0 aliphatic carbocycles. The number of hydrogen-bond donors (Lipinski definition) is 2. The number of fused-ring (bicyclic) bond motifs is 1. The van der Waals surface area contributed by atoms with E-state index in [0.29, 0.717) is 39.9 Å². The summed E-state index contributed by atoms with van der Waals surface area (Å²) in [7, 11) is 2.44. The molecule has 0 bridgehead atoms. The normalized spacial score (nSPS) is 11.5. The number of halogens is 1. The summed E-state index contributed by atoms with van der Waals surface area (Å²) in [6.45, 7) is 0.465. The van der Waals surface area contributed by atoms with Gasteiger partial charge in [0.05, 0.1) is 10.6 Å². The molecule has 0 unspecified atom stereocenters. The maximum absolute atomic E-state index is 12.5. The zero-order valence-corrected chi connectivity index (χ0v) is 20.0. The first-order valence-electron chi connectivity index (χ1n) is 10.7. The number of nitrogens with zero attached hydrogens (tertiary/aromatic N) is 3. The Kier molecular flexibility index (Phi) is 6.19. The molecule has 0 atom stereocenters. The molecule has 3 aromatic carbocycles. The standard InChI is InChI=1S/C25H19BClN5O2S/c26-21-16-29-32-24(14-23(30-25(21)32)20-8-4-5-9-22(20)27)28-15-17-10-12-18(13-11-17)31-35(33,34)19-6-2-1-3-7-19/h1-14,16,28,31H,15H2. The van der Waals surface area contributed by atoms with Gasteiger partial charge >= 0.3 is 0 Å². The summed E-state index contributed by atoms with van der Waals surface area (Å²) in [4.78, 5) is 4.85. The van der Waals surface area contributed by atoms with Crippen molar-refractivity contribution in [3.63, 3.8) is 0 Å². The van der Waals surface area contributed by atoms with Crippen LogP contribution in [0.4, 0.5) is 11.5 Å². The van der Waals surface area contributed by atoms with Crippen LogP contribution in [-0.4, -0.2) is 30.9 Å². The van der Waals surface area contributed by atoms with Crippen molar-refractivity contribution in [2.24, 2.45) is 0 Å². The van der Waals surface area contributed by atoms with Gasteiger partial charge in [-0.3, -0.25) is 4.72 Å². The molecule has 2 aromatic heterocycles. The topological polar surface area (TPSA) is 88.4 Å². The lowest BCUT2D eigenvalue weighted by Gasteiger charge is -2.13. The fraction of sp³-hybridized carbons (Fsp3) is 0.0400. The molecule has 2 heterocycles. The van der Waals surface area contributed by atoms with E-state index in [2.05, 4.69) is 20.1 Å². The van der Waals surface area contributed by atoms with Crippen LogP contribution >= 0.6 is 11.6 Å². The van der Waals surface area contributed by atoms with Crippen molar-refractivity contribution in [1.29, 1.82) is 0 Å². The van der Waals surface area contributed by atoms with Crippen LogP contribution < -0.4 is 15.5 Å². The van der Waals surface area contributed by atoms with Crippen molar-refractivity contribution in [1.82, 2.24) is 14.6 Å². The molecule has 10 heteroatoms. The number of anilines is 2. The van der Waals surface area contributed by atoms with E-state index in [1.54, 1.807) is 53.2 Å². The number of benzene rings is 3. The van der Waals surface area contributed by atoms with Crippen molar-refractivity contribution < 1.29 is 8.42 Å². The minimum absolute atomic E-state index is 0.209. The monoisotopic (exact) mass is 499 g/mol. The van der Waals surface area contributed by atoms with E-state index in [4.69, 9.17) is 19.4 Å². The molecule has 2 N–H and O–H groups in total. The summed E-state index contributed by atoms with van der Waals surface area (Å²) < 4.78 is 29.3. The van der Waals surface area contributed by atoms with Crippen LogP contribution in [0.3, 0.4) is 0 Å². The van der Waals surface area contributed by atoms with Crippen molar-refractivity contribution in [2.75, 3.05) is 10.0 Å². The van der Waals surface area contributed by atoms with Gasteiger partial charge in [-0.2, -0.15) is 9.61 Å². The number of sulfonamides is 1. The van der Waals surface area contributed by atoms with Gasteiger partial charge in [0.1, 0.15) is 13.7 Å². The van der Waals surface area contributed by atoms with Crippen LogP contribution in [0, 0.1) is 0 Å². The van der Waals surface area contributed by atoms with Gasteiger partial charge in [0.15, 0.2) is 5.65 Å². The Labute approximate surface area is 209 Å². The molecule has 0 aliphatic rings. The van der Waals surface area contributed by atoms with Gasteiger partial charge < -0.3 is 5.32 Å². The second-order valence-corrected chi connectivity index (χ2v) is 9.90. The number of rotatable bonds is 7. The summed E-state index contributed by atoms with van der Waals surface area (Å²) in [5.74, 6) is 0.690. The Morgan fingerprint density at radius 2 is 1.66 bits per heavy atom. The van der Waals surface area contributed by atoms with E-state index < -0.39 is 10.0 Å². The molecular formula is C25H19BClN5O2S. The van der Waals surface area contributed by atoms with Gasteiger partial charge in [0, 0.05) is 35.1 Å². The SMILES string of the molecule is [B]c1cnn2c(NCc3ccc(NS(=O)(=O)c4ccccc4)cc3)cc(-c3ccccc3Cl)nc12. The highest BCUT2D eigenvalue weighted by Crippen LogP contribution is 2.28. The van der Waals surface area contributed by atoms with E-state index in [9.17, 15) is 8.42 Å². The van der Waals surface area contributed by atoms with Gasteiger partial charge in [-0.25, -0.2) is 13.4 Å². The zero-order chi connectivity index (χ0) is 24.4. The third-order valence-corrected chi connectivity index (χ3v) is 7.11. The van der Waals surface area contributed by atoms with Crippen LogP contribution in [0.1, 0.15) is 5.56 Å². The second kappa shape index (κ2) is 9.44. The highest BCUT2D eigenvalue weighted by molar-refractivity contribution is 7.92. The van der Waals surface area contributed by atoms with Crippen LogP contribution in [0.15, 0.2) is 96.0 Å². The predicted octanol–water partition coefficient (Wildman–Crippen LogP) is 4.26. The van der Waals surface area contributed by atoms with Crippen LogP contribution in [0.2, 0.25) is 5.02 Å². The Balaban J connectivity index is 1.36. The first-order valence-corrected chi connectivity index (χ1v) is 12.6. The quantitative estimate of drug-likeness (QED) is 0.327. The summed E-state index contributed by atoms with van der Waals surface area (Å²) in [5, 5.41) is 8.28. The first kappa shape index (κ1) is 23.0. The largest absolute Gasteiger partial charge is 0.366 e. The summed E-state index contributed by atoms with van der Waals surface area (Å²) in [6.07, 6.45) is 1.55. The summed E-state index contributed by atoms with van der Waals surface area (Å²) in [5.41, 5.74) is 3.85. The lowest BCUT2D eigenvalue weighted by atomic mass is 10.0. The first-order chi connectivity index (χ1) is 16.9. The van der Waals surface area contributed by atoms with Gasteiger partial charge in [-0.05, 0) is 41.4 Å². The maximum Gasteiger partial charge on any atom is 0.261 e. The van der Waals surface area contributed by atoms with Crippen molar-refractivity contribution in [2.45, 2.75) is 11.4 Å². The highest BCUT2D eigenvalue weighted by Gasteiger charge is 2.14. The van der Waals surface area contributed by atoms with E-state index in [1.165, 1.54) is 0 Å². The average molecular weight is 500 g/mol. The fourth-order valence-corrected chi connectivity index (χ4v) is 4.92. The van der Waals surface area contributed by atoms with Gasteiger partial charge in [-0.1, -0.05) is 60.1 Å². The molecule has 5 aromatic rings. The molecule has 0 saturated heterocycles. The third-order valence-electron chi connectivity index (χ3n) is 5.38. The minimum Gasteiger partial charge on any atom is -0.366 e. The zero-order valence-electron chi connectivity index (χ0n) is 18.4. The van der Waals surface area contributed by atoms with Crippen LogP contribution in [-0.2, 0) is 16.6 Å². The lowest BCUT2D eigenvalue weighted by molar-refractivity contribution is 0.601. The van der Waals surface area contributed by atoms with E-state index in [-0.39, 0.29) is 4.90 Å². The molecule has 35 heavy (non-hydrogen) atoms. The van der Waals surface area contributed by atoms with Gasteiger partial charge in [0.2, 0.25) is 0 Å². The molecule has 0 aliphatic heterocycles. The number of aromatic nitrogens is 3.